The van der Waals surface area contributed by atoms with Crippen LogP contribution in [-0.4, -0.2) is 26.2 Å². The Kier molecular flexibility index (Phi) is 5.25. The second-order valence-electron chi connectivity index (χ2n) is 4.61. The molecule has 4 nitrogen and oxygen atoms in total. The molecule has 0 unspecified atom stereocenters. The smallest absolute Gasteiger partial charge is 0.175 e. The van der Waals surface area contributed by atoms with Crippen LogP contribution in [0, 0.1) is 0 Å². The van der Waals surface area contributed by atoms with E-state index in [1.807, 2.05) is 31.2 Å². The number of rotatable bonds is 6. The zero-order valence-electron chi connectivity index (χ0n) is 12.0. The monoisotopic (exact) mass is 322 g/mol. The molecule has 0 aliphatic rings. The molecule has 0 aliphatic heterocycles. The summed E-state index contributed by atoms with van der Waals surface area (Å²) in [7, 11) is -3.12. The highest BCUT2D eigenvalue weighted by Gasteiger charge is 2.06. The first-order chi connectivity index (χ1) is 9.99. The van der Waals surface area contributed by atoms with Crippen molar-refractivity contribution >= 4 is 27.4 Å². The van der Waals surface area contributed by atoms with Gasteiger partial charge in [0.25, 0.3) is 0 Å². The van der Waals surface area contributed by atoms with Crippen molar-refractivity contribution in [1.82, 2.24) is 4.98 Å². The van der Waals surface area contributed by atoms with Crippen LogP contribution >= 0.6 is 11.8 Å². The minimum Gasteiger partial charge on any atom is -0.370 e. The molecule has 0 saturated carbocycles. The van der Waals surface area contributed by atoms with E-state index in [1.54, 1.807) is 30.1 Å². The predicted octanol–water partition coefficient (Wildman–Crippen LogP) is 3.21. The minimum atomic E-state index is -3.12. The molecule has 6 heteroatoms. The van der Waals surface area contributed by atoms with Gasteiger partial charge < -0.3 is 5.32 Å². The van der Waals surface area contributed by atoms with E-state index in [0.717, 1.165) is 23.0 Å². The van der Waals surface area contributed by atoms with Crippen LogP contribution in [0.4, 0.5) is 5.82 Å². The SMILES string of the molecule is CCNc1cc(CSc2ccc(S(C)(=O)=O)cc2)ccn1. The summed E-state index contributed by atoms with van der Waals surface area (Å²) in [6, 6.07) is 11.0. The molecule has 0 radical (unpaired) electrons. The number of nitrogens with one attached hydrogen (secondary N) is 1. The molecule has 2 aromatic rings. The number of nitrogens with zero attached hydrogens (tertiary/aromatic N) is 1. The fourth-order valence-electron chi connectivity index (χ4n) is 1.79. The van der Waals surface area contributed by atoms with E-state index in [0.29, 0.717) is 4.90 Å². The maximum absolute atomic E-state index is 11.4. The third-order valence-electron chi connectivity index (χ3n) is 2.84. The Morgan fingerprint density at radius 3 is 2.52 bits per heavy atom. The van der Waals surface area contributed by atoms with Gasteiger partial charge in [0.2, 0.25) is 0 Å². The molecule has 1 aromatic heterocycles. The van der Waals surface area contributed by atoms with Crippen molar-refractivity contribution in [2.45, 2.75) is 22.5 Å². The molecule has 2 rings (SSSR count). The summed E-state index contributed by atoms with van der Waals surface area (Å²) in [5.74, 6) is 1.70. The van der Waals surface area contributed by atoms with Crippen LogP contribution in [0.1, 0.15) is 12.5 Å². The zero-order chi connectivity index (χ0) is 15.3. The van der Waals surface area contributed by atoms with Gasteiger partial charge >= 0.3 is 0 Å². The Labute approximate surface area is 129 Å². The van der Waals surface area contributed by atoms with Gasteiger partial charge in [-0.15, -0.1) is 11.8 Å². The Balaban J connectivity index is 2.01. The summed E-state index contributed by atoms with van der Waals surface area (Å²) < 4.78 is 22.8. The quantitative estimate of drug-likeness (QED) is 0.828. The standard InChI is InChI=1S/C15H18N2O2S2/c1-3-16-15-10-12(8-9-17-15)11-20-13-4-6-14(7-5-13)21(2,18)19/h4-10H,3,11H2,1-2H3,(H,16,17). The van der Waals surface area contributed by atoms with Gasteiger partial charge in [0.05, 0.1) is 4.90 Å². The molecule has 112 valence electrons. The number of hydrogen-bond donors (Lipinski definition) is 1. The average Bonchev–Trinajstić information content (AvgIpc) is 2.45. The van der Waals surface area contributed by atoms with Gasteiger partial charge in [0, 0.05) is 29.6 Å². The van der Waals surface area contributed by atoms with Crippen molar-refractivity contribution in [2.75, 3.05) is 18.1 Å². The van der Waals surface area contributed by atoms with Crippen molar-refractivity contribution in [2.24, 2.45) is 0 Å². The van der Waals surface area contributed by atoms with Crippen molar-refractivity contribution < 1.29 is 8.42 Å². The predicted molar refractivity (Wildman–Crippen MR) is 87.5 cm³/mol. The van der Waals surface area contributed by atoms with Crippen LogP contribution in [-0.2, 0) is 15.6 Å². The van der Waals surface area contributed by atoms with E-state index in [2.05, 4.69) is 10.3 Å². The first-order valence-electron chi connectivity index (χ1n) is 6.61. The summed E-state index contributed by atoms with van der Waals surface area (Å²) in [4.78, 5) is 5.63. The van der Waals surface area contributed by atoms with Crippen LogP contribution in [0.25, 0.3) is 0 Å². The molecular formula is C15H18N2O2S2. The molecular weight excluding hydrogens is 304 g/mol. The maximum atomic E-state index is 11.4. The van der Waals surface area contributed by atoms with E-state index in [4.69, 9.17) is 0 Å². The Hall–Kier alpha value is -1.53. The number of benzene rings is 1. The van der Waals surface area contributed by atoms with E-state index in [1.165, 1.54) is 11.8 Å². The summed E-state index contributed by atoms with van der Waals surface area (Å²) >= 11 is 1.67. The largest absolute Gasteiger partial charge is 0.370 e. The summed E-state index contributed by atoms with van der Waals surface area (Å²) in [5, 5.41) is 3.18. The maximum Gasteiger partial charge on any atom is 0.175 e. The van der Waals surface area contributed by atoms with E-state index >= 15 is 0 Å². The topological polar surface area (TPSA) is 59.1 Å². The summed E-state index contributed by atoms with van der Waals surface area (Å²) in [6.07, 6.45) is 3.01. The minimum absolute atomic E-state index is 0.352. The second kappa shape index (κ2) is 6.95. The van der Waals surface area contributed by atoms with Gasteiger partial charge in [-0.05, 0) is 48.9 Å². The molecule has 0 aliphatic carbocycles. The number of aromatic nitrogens is 1. The second-order valence-corrected chi connectivity index (χ2v) is 7.68. The summed E-state index contributed by atoms with van der Waals surface area (Å²) in [6.45, 7) is 2.88. The van der Waals surface area contributed by atoms with E-state index < -0.39 is 9.84 Å². The Morgan fingerprint density at radius 1 is 1.19 bits per heavy atom. The van der Waals surface area contributed by atoms with Gasteiger partial charge in [0.1, 0.15) is 5.82 Å². The lowest BCUT2D eigenvalue weighted by atomic mass is 10.3. The van der Waals surface area contributed by atoms with Crippen molar-refractivity contribution in [3.8, 4) is 0 Å². The molecule has 0 amide bonds. The highest BCUT2D eigenvalue weighted by Crippen LogP contribution is 2.24. The van der Waals surface area contributed by atoms with Crippen molar-refractivity contribution in [3.63, 3.8) is 0 Å². The molecule has 0 atom stereocenters. The molecule has 1 heterocycles. The van der Waals surface area contributed by atoms with E-state index in [9.17, 15) is 8.42 Å². The van der Waals surface area contributed by atoms with Crippen molar-refractivity contribution in [1.29, 1.82) is 0 Å². The highest BCUT2D eigenvalue weighted by molar-refractivity contribution is 7.98. The van der Waals surface area contributed by atoms with Gasteiger partial charge in [0.15, 0.2) is 9.84 Å². The molecule has 0 spiro atoms. The van der Waals surface area contributed by atoms with Gasteiger partial charge in [-0.1, -0.05) is 0 Å². The van der Waals surface area contributed by atoms with Gasteiger partial charge in [-0.2, -0.15) is 0 Å². The number of sulfone groups is 1. The van der Waals surface area contributed by atoms with Crippen LogP contribution in [0.5, 0.6) is 0 Å². The Bertz CT molecular complexity index is 698. The fraction of sp³-hybridized carbons (Fsp3) is 0.267. The number of hydrogen-bond acceptors (Lipinski definition) is 5. The fourth-order valence-corrected chi connectivity index (χ4v) is 3.26. The third kappa shape index (κ3) is 4.75. The normalized spacial score (nSPS) is 11.3. The van der Waals surface area contributed by atoms with E-state index in [-0.39, 0.29) is 0 Å². The molecule has 1 aromatic carbocycles. The molecule has 0 bridgehead atoms. The first-order valence-corrected chi connectivity index (χ1v) is 9.48. The van der Waals surface area contributed by atoms with Crippen LogP contribution < -0.4 is 5.32 Å². The van der Waals surface area contributed by atoms with Gasteiger partial charge in [-0.25, -0.2) is 13.4 Å². The van der Waals surface area contributed by atoms with Crippen molar-refractivity contribution in [3.05, 3.63) is 48.2 Å². The highest BCUT2D eigenvalue weighted by atomic mass is 32.2. The zero-order valence-corrected chi connectivity index (χ0v) is 13.7. The molecule has 1 N–H and O–H groups in total. The van der Waals surface area contributed by atoms with Crippen LogP contribution in [0.15, 0.2) is 52.4 Å². The van der Waals surface area contributed by atoms with Gasteiger partial charge in [-0.3, -0.25) is 0 Å². The van der Waals surface area contributed by atoms with Crippen LogP contribution in [0.3, 0.4) is 0 Å². The number of anilines is 1. The first kappa shape index (κ1) is 15.9. The third-order valence-corrected chi connectivity index (χ3v) is 5.05. The average molecular weight is 322 g/mol. The molecule has 21 heavy (non-hydrogen) atoms. The molecule has 0 saturated heterocycles. The number of thioether (sulfide) groups is 1. The lowest BCUT2D eigenvalue weighted by molar-refractivity contribution is 0.602. The van der Waals surface area contributed by atoms with Crippen LogP contribution in [0.2, 0.25) is 0 Å². The number of pyridine rings is 1. The lowest BCUT2D eigenvalue weighted by Crippen LogP contribution is -1.99. The summed E-state index contributed by atoms with van der Waals surface area (Å²) in [5.41, 5.74) is 1.18. The Morgan fingerprint density at radius 2 is 1.90 bits per heavy atom. The molecule has 0 fully saturated rings. The lowest BCUT2D eigenvalue weighted by Gasteiger charge is -2.06.